The summed E-state index contributed by atoms with van der Waals surface area (Å²) < 4.78 is 2.78. The van der Waals surface area contributed by atoms with E-state index >= 15 is 0 Å². The van der Waals surface area contributed by atoms with Gasteiger partial charge in [0.05, 0.1) is 11.0 Å². The Labute approximate surface area is 449 Å². The minimum Gasteiger partial charge on any atom is -0.376 e. The van der Waals surface area contributed by atoms with E-state index in [0.29, 0.717) is 0 Å². The second kappa shape index (κ2) is 14.2. The second-order valence-electron chi connectivity index (χ2n) is 30.3. The molecule has 0 bridgehead atoms. The Morgan fingerprint density at radius 3 is 1.60 bits per heavy atom. The Morgan fingerprint density at radius 2 is 0.973 bits per heavy atom. The molecule has 380 valence electrons. The first-order chi connectivity index (χ1) is 34.9. The standard InChI is InChI=1S/C72H79BN2/c1-65(2,3)40-23-26-42(27-24-40)75-58-37-45-44-34-51-53(69(11,12)31-29-67(51,7)8)38-50(44)71(15,16)49(45)35-47(58)60-59-43-21-19-20-22-48(43)72(17,18)62(59)61-46-36-52-54(70(13,14)32-30-68(52,9)10)39-57(46)74-56-28-25-41(66(4,5)6)33-55(56)73(75)63(60)64(61)74/h19-28,33-39H,29-32H2,1-18H3. The van der Waals surface area contributed by atoms with E-state index < -0.39 is 0 Å². The molecule has 0 saturated heterocycles. The average Bonchev–Trinajstić information content (AvgIpc) is 4.08. The summed E-state index contributed by atoms with van der Waals surface area (Å²) >= 11 is 0. The fourth-order valence-corrected chi connectivity index (χ4v) is 16.1. The van der Waals surface area contributed by atoms with E-state index in [1.54, 1.807) is 5.56 Å². The summed E-state index contributed by atoms with van der Waals surface area (Å²) in [6, 6.07) is 43.0. The van der Waals surface area contributed by atoms with Gasteiger partial charge in [0.15, 0.2) is 0 Å². The quantitative estimate of drug-likeness (QED) is 0.149. The molecule has 0 N–H and O–H groups in total. The SMILES string of the molecule is CC(C)(C)c1ccc(N2B3c4cc(C(C)(C)C)ccc4-n4c5cc6c(cc5c5c7c(c(c3c54)-c3cc4c(cc32)-c2cc3c(cc2C4(C)C)C(C)(C)CCC3(C)C)-c2ccccc2C7(C)C)C(C)(C)CCC6(C)C)cc1. The molecule has 75 heavy (non-hydrogen) atoms. The van der Waals surface area contributed by atoms with E-state index in [-0.39, 0.29) is 50.2 Å². The van der Waals surface area contributed by atoms with Crippen molar-refractivity contribution in [3.05, 3.63) is 159 Å². The molecule has 2 aliphatic heterocycles. The Kier molecular flexibility index (Phi) is 9.03. The van der Waals surface area contributed by atoms with E-state index in [1.165, 1.54) is 159 Å². The van der Waals surface area contributed by atoms with Crippen LogP contribution >= 0.6 is 0 Å². The minimum atomic E-state index is -0.248. The molecule has 4 aliphatic carbocycles. The lowest BCUT2D eigenvalue weighted by Crippen LogP contribution is -2.61. The number of benzene rings is 7. The minimum absolute atomic E-state index is 0.0255. The van der Waals surface area contributed by atoms with Crippen molar-refractivity contribution in [2.75, 3.05) is 4.81 Å². The normalized spacial score (nSPS) is 20.0. The number of aromatic nitrogens is 1. The van der Waals surface area contributed by atoms with Gasteiger partial charge in [-0.3, -0.25) is 0 Å². The van der Waals surface area contributed by atoms with Crippen LogP contribution in [0.25, 0.3) is 60.9 Å². The average molecular weight is 983 g/mol. The lowest BCUT2D eigenvalue weighted by molar-refractivity contribution is 0.331. The highest BCUT2D eigenvalue weighted by atomic mass is 15.1. The van der Waals surface area contributed by atoms with Crippen molar-refractivity contribution in [3.8, 4) is 39.1 Å². The van der Waals surface area contributed by atoms with Gasteiger partial charge in [0.25, 0.3) is 0 Å². The van der Waals surface area contributed by atoms with Gasteiger partial charge >= 0.3 is 6.85 Å². The number of fused-ring (bicyclic) bond motifs is 18. The number of nitrogens with zero attached hydrogens (tertiary/aromatic N) is 2. The zero-order chi connectivity index (χ0) is 53.0. The van der Waals surface area contributed by atoms with Gasteiger partial charge in [-0.05, 0) is 201 Å². The van der Waals surface area contributed by atoms with Crippen LogP contribution in [0.5, 0.6) is 0 Å². The van der Waals surface area contributed by atoms with E-state index in [1.807, 2.05) is 0 Å². The third-order valence-corrected chi connectivity index (χ3v) is 21.0. The molecule has 0 radical (unpaired) electrons. The van der Waals surface area contributed by atoms with Crippen LogP contribution in [0.15, 0.2) is 103 Å². The van der Waals surface area contributed by atoms with E-state index in [4.69, 9.17) is 0 Å². The highest BCUT2D eigenvalue weighted by molar-refractivity contribution is 6.94. The summed E-state index contributed by atoms with van der Waals surface area (Å²) in [6.45, 7) is 44.2. The van der Waals surface area contributed by atoms with Crippen LogP contribution in [0.2, 0.25) is 0 Å². The summed E-state index contributed by atoms with van der Waals surface area (Å²) in [6.07, 6.45) is 4.77. The maximum Gasteiger partial charge on any atom is 0.333 e. The van der Waals surface area contributed by atoms with Crippen LogP contribution in [0.1, 0.15) is 206 Å². The molecule has 0 spiro atoms. The lowest BCUT2D eigenvalue weighted by atomic mass is 9.43. The summed E-state index contributed by atoms with van der Waals surface area (Å²) in [5.41, 5.74) is 32.6. The Hall–Kier alpha value is -5.80. The largest absolute Gasteiger partial charge is 0.376 e. The molecule has 8 aromatic rings. The third-order valence-electron chi connectivity index (χ3n) is 21.0. The first-order valence-electron chi connectivity index (χ1n) is 28.7. The van der Waals surface area contributed by atoms with E-state index in [0.717, 1.165) is 0 Å². The molecule has 3 heterocycles. The number of hydrogen-bond donors (Lipinski definition) is 0. The van der Waals surface area contributed by atoms with Crippen molar-refractivity contribution in [3.63, 3.8) is 0 Å². The van der Waals surface area contributed by atoms with Crippen molar-refractivity contribution >= 4 is 51.0 Å². The Morgan fingerprint density at radius 1 is 0.440 bits per heavy atom. The summed E-state index contributed by atoms with van der Waals surface area (Å²) in [4.78, 5) is 2.82. The van der Waals surface area contributed by atoms with Crippen LogP contribution in [0.4, 0.5) is 11.4 Å². The van der Waals surface area contributed by atoms with Gasteiger partial charge in [0.2, 0.25) is 0 Å². The maximum absolute atomic E-state index is 2.82. The zero-order valence-corrected chi connectivity index (χ0v) is 48.6. The van der Waals surface area contributed by atoms with Gasteiger partial charge in [-0.1, -0.05) is 179 Å². The van der Waals surface area contributed by atoms with Crippen LogP contribution in [-0.4, -0.2) is 11.4 Å². The van der Waals surface area contributed by atoms with Crippen molar-refractivity contribution in [2.24, 2.45) is 0 Å². The fourth-order valence-electron chi connectivity index (χ4n) is 16.1. The second-order valence-corrected chi connectivity index (χ2v) is 30.3. The summed E-state index contributed by atoms with van der Waals surface area (Å²) in [5, 5.41) is 2.86. The van der Waals surface area contributed by atoms with Gasteiger partial charge in [0, 0.05) is 44.2 Å². The lowest BCUT2D eigenvalue weighted by Gasteiger charge is -2.44. The fraction of sp³-hybridized carbons (Fsp3) is 0.417. The summed E-state index contributed by atoms with van der Waals surface area (Å²) in [5.74, 6) is 0. The molecule has 3 heteroatoms. The summed E-state index contributed by atoms with van der Waals surface area (Å²) in [7, 11) is 0. The molecule has 0 saturated carbocycles. The molecule has 0 unspecified atom stereocenters. The highest BCUT2D eigenvalue weighted by Gasteiger charge is 2.52. The predicted molar refractivity (Wildman–Crippen MR) is 323 cm³/mol. The number of rotatable bonds is 1. The van der Waals surface area contributed by atoms with Crippen LogP contribution in [0, 0.1) is 0 Å². The van der Waals surface area contributed by atoms with Crippen molar-refractivity contribution in [2.45, 2.75) is 194 Å². The monoisotopic (exact) mass is 983 g/mol. The number of hydrogen-bond acceptors (Lipinski definition) is 1. The van der Waals surface area contributed by atoms with Crippen LogP contribution in [-0.2, 0) is 43.3 Å². The number of anilines is 2. The van der Waals surface area contributed by atoms with Crippen LogP contribution in [0.3, 0.4) is 0 Å². The molecule has 2 nitrogen and oxygen atoms in total. The molecular weight excluding hydrogens is 904 g/mol. The van der Waals surface area contributed by atoms with Crippen LogP contribution < -0.4 is 15.7 Å². The van der Waals surface area contributed by atoms with Crippen molar-refractivity contribution < 1.29 is 0 Å². The zero-order valence-electron chi connectivity index (χ0n) is 48.6. The molecule has 0 fully saturated rings. The van der Waals surface area contributed by atoms with E-state index in [2.05, 4.69) is 237 Å². The third kappa shape index (κ3) is 6.05. The molecule has 6 aliphatic rings. The molecule has 14 rings (SSSR count). The molecular formula is C72H79BN2. The van der Waals surface area contributed by atoms with Crippen molar-refractivity contribution in [1.82, 2.24) is 4.57 Å². The molecule has 1 aromatic heterocycles. The maximum atomic E-state index is 2.82. The molecule has 7 aromatic carbocycles. The Balaban J connectivity index is 1.20. The Bertz CT molecular complexity index is 3900. The topological polar surface area (TPSA) is 8.17 Å². The van der Waals surface area contributed by atoms with E-state index in [9.17, 15) is 0 Å². The smallest absolute Gasteiger partial charge is 0.333 e. The first-order valence-corrected chi connectivity index (χ1v) is 28.7. The predicted octanol–water partition coefficient (Wildman–Crippen LogP) is 17.9. The first kappa shape index (κ1) is 47.6. The molecule has 0 amide bonds. The highest BCUT2D eigenvalue weighted by Crippen LogP contribution is 2.63. The van der Waals surface area contributed by atoms with Gasteiger partial charge in [-0.2, -0.15) is 0 Å². The van der Waals surface area contributed by atoms with Gasteiger partial charge in [0.1, 0.15) is 0 Å². The van der Waals surface area contributed by atoms with Gasteiger partial charge in [-0.15, -0.1) is 0 Å². The van der Waals surface area contributed by atoms with Gasteiger partial charge < -0.3 is 9.38 Å². The molecule has 0 atom stereocenters. The van der Waals surface area contributed by atoms with Crippen molar-refractivity contribution in [1.29, 1.82) is 0 Å². The van der Waals surface area contributed by atoms with Gasteiger partial charge in [-0.25, -0.2) is 0 Å².